The number of carbonyl (C=O) groups excluding carboxylic acids is 1. The van der Waals surface area contributed by atoms with Crippen molar-refractivity contribution in [1.29, 1.82) is 0 Å². The summed E-state index contributed by atoms with van der Waals surface area (Å²) in [7, 11) is -2.38. The first-order valence-corrected chi connectivity index (χ1v) is 11.5. The lowest BCUT2D eigenvalue weighted by molar-refractivity contribution is 0.103. The maximum atomic E-state index is 13.6. The van der Waals surface area contributed by atoms with Gasteiger partial charge in [-0.1, -0.05) is 54.6 Å². The van der Waals surface area contributed by atoms with Gasteiger partial charge in [0.05, 0.1) is 17.5 Å². The Kier molecular flexibility index (Phi) is 4.79. The Morgan fingerprint density at radius 1 is 0.750 bits per heavy atom. The highest BCUT2D eigenvalue weighted by Gasteiger charge is 2.26. The second-order valence-corrected chi connectivity index (χ2v) is 9.21. The average Bonchev–Trinajstić information content (AvgIpc) is 3.24. The van der Waals surface area contributed by atoms with E-state index in [0.717, 1.165) is 20.5 Å². The second-order valence-electron chi connectivity index (χ2n) is 7.43. The molecule has 5 nitrogen and oxygen atoms in total. The number of aromatic nitrogens is 1. The molecule has 1 heterocycles. The molecular formula is C26H19NO4S. The highest BCUT2D eigenvalue weighted by atomic mass is 32.2. The van der Waals surface area contributed by atoms with E-state index in [1.54, 1.807) is 61.7 Å². The van der Waals surface area contributed by atoms with Gasteiger partial charge in [0.25, 0.3) is 10.0 Å². The molecule has 0 aliphatic carbocycles. The molecule has 0 bridgehead atoms. The Hall–Kier alpha value is -3.90. The quantitative estimate of drug-likeness (QED) is 0.349. The minimum atomic E-state index is -3.98. The Bertz CT molecular complexity index is 1580. The molecular weight excluding hydrogens is 422 g/mol. The van der Waals surface area contributed by atoms with Crippen molar-refractivity contribution in [2.24, 2.45) is 0 Å². The topological polar surface area (TPSA) is 65.4 Å². The number of ketones is 1. The van der Waals surface area contributed by atoms with Gasteiger partial charge < -0.3 is 4.74 Å². The highest BCUT2D eigenvalue weighted by molar-refractivity contribution is 7.90. The molecule has 0 fully saturated rings. The van der Waals surface area contributed by atoms with Gasteiger partial charge in [0, 0.05) is 10.9 Å². The van der Waals surface area contributed by atoms with Crippen LogP contribution in [0.15, 0.2) is 102 Å². The number of methoxy groups -OCH3 is 1. The number of rotatable bonds is 5. The Morgan fingerprint density at radius 2 is 1.44 bits per heavy atom. The van der Waals surface area contributed by atoms with E-state index in [4.69, 9.17) is 4.74 Å². The van der Waals surface area contributed by atoms with Gasteiger partial charge in [-0.25, -0.2) is 12.4 Å². The number of benzene rings is 4. The number of hydrogen-bond donors (Lipinski definition) is 0. The maximum absolute atomic E-state index is 13.6. The summed E-state index contributed by atoms with van der Waals surface area (Å²) in [4.78, 5) is 13.7. The van der Waals surface area contributed by atoms with Crippen LogP contribution in [0.4, 0.5) is 0 Å². The predicted octanol–water partition coefficient (Wildman–Crippen LogP) is 5.27. The van der Waals surface area contributed by atoms with Crippen molar-refractivity contribution in [3.05, 3.63) is 108 Å². The zero-order valence-electron chi connectivity index (χ0n) is 17.2. The van der Waals surface area contributed by atoms with Crippen LogP contribution in [0.1, 0.15) is 16.1 Å². The lowest BCUT2D eigenvalue weighted by atomic mass is 10.0. The fourth-order valence-electron chi connectivity index (χ4n) is 3.88. The zero-order chi connectivity index (χ0) is 22.3. The molecule has 0 amide bonds. The normalized spacial score (nSPS) is 11.7. The average molecular weight is 442 g/mol. The number of ether oxygens (including phenoxy) is 1. The maximum Gasteiger partial charge on any atom is 0.268 e. The van der Waals surface area contributed by atoms with Gasteiger partial charge in [-0.2, -0.15) is 0 Å². The molecule has 0 saturated heterocycles. The summed E-state index contributed by atoms with van der Waals surface area (Å²) in [6.45, 7) is 0. The molecule has 0 aliphatic heterocycles. The second kappa shape index (κ2) is 7.66. The van der Waals surface area contributed by atoms with Crippen LogP contribution in [0.2, 0.25) is 0 Å². The smallest absolute Gasteiger partial charge is 0.268 e. The third kappa shape index (κ3) is 3.25. The van der Waals surface area contributed by atoms with E-state index in [2.05, 4.69) is 0 Å². The van der Waals surface area contributed by atoms with E-state index in [0.29, 0.717) is 16.5 Å². The summed E-state index contributed by atoms with van der Waals surface area (Å²) >= 11 is 0. The minimum absolute atomic E-state index is 0.0999. The van der Waals surface area contributed by atoms with Crippen LogP contribution in [-0.4, -0.2) is 25.3 Å². The Morgan fingerprint density at radius 3 is 2.22 bits per heavy atom. The van der Waals surface area contributed by atoms with Crippen molar-refractivity contribution in [1.82, 2.24) is 3.97 Å². The lowest BCUT2D eigenvalue weighted by Gasteiger charge is -2.12. The summed E-state index contributed by atoms with van der Waals surface area (Å²) < 4.78 is 33.5. The standard InChI is InChI=1S/C26H19NO4S/c1-31-22-14-13-18-15-21(12-11-19(18)16-22)26(28)25-17-20-7-5-6-10-24(20)27(25)32(29,30)23-8-3-2-4-9-23/h2-17H,1H3. The predicted molar refractivity (Wildman–Crippen MR) is 125 cm³/mol. The molecule has 5 aromatic rings. The molecule has 0 spiro atoms. The van der Waals surface area contributed by atoms with Gasteiger partial charge in [0.15, 0.2) is 0 Å². The third-order valence-electron chi connectivity index (χ3n) is 5.49. The van der Waals surface area contributed by atoms with E-state index < -0.39 is 10.0 Å². The van der Waals surface area contributed by atoms with Crippen LogP contribution < -0.4 is 4.74 Å². The van der Waals surface area contributed by atoms with Gasteiger partial charge >= 0.3 is 0 Å². The van der Waals surface area contributed by atoms with Crippen molar-refractivity contribution < 1.29 is 17.9 Å². The van der Waals surface area contributed by atoms with E-state index in [1.807, 2.05) is 30.3 Å². The van der Waals surface area contributed by atoms with Gasteiger partial charge in [-0.3, -0.25) is 4.79 Å². The molecule has 0 atom stereocenters. The van der Waals surface area contributed by atoms with Crippen LogP contribution >= 0.6 is 0 Å². The van der Waals surface area contributed by atoms with Crippen molar-refractivity contribution in [3.8, 4) is 5.75 Å². The van der Waals surface area contributed by atoms with Gasteiger partial charge in [-0.05, 0) is 53.2 Å². The van der Waals surface area contributed by atoms with Crippen LogP contribution in [-0.2, 0) is 10.0 Å². The van der Waals surface area contributed by atoms with Crippen molar-refractivity contribution in [2.75, 3.05) is 7.11 Å². The number of fused-ring (bicyclic) bond motifs is 2. The van der Waals surface area contributed by atoms with Crippen LogP contribution in [0, 0.1) is 0 Å². The molecule has 0 saturated carbocycles. The van der Waals surface area contributed by atoms with Gasteiger partial charge in [-0.15, -0.1) is 0 Å². The molecule has 1 aromatic heterocycles. The minimum Gasteiger partial charge on any atom is -0.497 e. The number of para-hydroxylation sites is 1. The summed E-state index contributed by atoms with van der Waals surface area (Å²) in [6.07, 6.45) is 0. The lowest BCUT2D eigenvalue weighted by Crippen LogP contribution is -2.19. The SMILES string of the molecule is COc1ccc2cc(C(=O)c3cc4ccccc4n3S(=O)(=O)c3ccccc3)ccc2c1. The Balaban J connectivity index is 1.70. The monoisotopic (exact) mass is 441 g/mol. The number of carbonyl (C=O) groups is 1. The fourth-order valence-corrected chi connectivity index (χ4v) is 5.42. The third-order valence-corrected chi connectivity index (χ3v) is 7.23. The van der Waals surface area contributed by atoms with Gasteiger partial charge in [0.1, 0.15) is 11.4 Å². The van der Waals surface area contributed by atoms with Crippen molar-refractivity contribution in [3.63, 3.8) is 0 Å². The molecule has 158 valence electrons. The number of hydrogen-bond acceptors (Lipinski definition) is 4. The van der Waals surface area contributed by atoms with Gasteiger partial charge in [0.2, 0.25) is 5.78 Å². The van der Waals surface area contributed by atoms with Crippen LogP contribution in [0.25, 0.3) is 21.7 Å². The molecule has 6 heteroatoms. The highest BCUT2D eigenvalue weighted by Crippen LogP contribution is 2.29. The summed E-state index contributed by atoms with van der Waals surface area (Å²) in [5.74, 6) is 0.365. The van der Waals surface area contributed by atoms with Crippen LogP contribution in [0.5, 0.6) is 5.75 Å². The summed E-state index contributed by atoms with van der Waals surface area (Å²) in [6, 6.07) is 27.8. The molecule has 32 heavy (non-hydrogen) atoms. The van der Waals surface area contributed by atoms with E-state index in [1.165, 1.54) is 12.1 Å². The van der Waals surface area contributed by atoms with Crippen molar-refractivity contribution in [2.45, 2.75) is 4.90 Å². The molecule has 0 aliphatic rings. The van der Waals surface area contributed by atoms with E-state index in [9.17, 15) is 13.2 Å². The van der Waals surface area contributed by atoms with Crippen molar-refractivity contribution >= 4 is 37.5 Å². The largest absolute Gasteiger partial charge is 0.497 e. The molecule has 4 aromatic carbocycles. The summed E-state index contributed by atoms with van der Waals surface area (Å²) in [5, 5.41) is 2.48. The zero-order valence-corrected chi connectivity index (χ0v) is 18.0. The van der Waals surface area contributed by atoms with E-state index >= 15 is 0 Å². The number of nitrogens with zero attached hydrogens (tertiary/aromatic N) is 1. The Labute approximate surface area is 185 Å². The molecule has 0 radical (unpaired) electrons. The first-order valence-electron chi connectivity index (χ1n) is 10.0. The first kappa shape index (κ1) is 20.0. The van der Waals surface area contributed by atoms with E-state index in [-0.39, 0.29) is 16.4 Å². The molecule has 0 unspecified atom stereocenters. The van der Waals surface area contributed by atoms with Crippen LogP contribution in [0.3, 0.4) is 0 Å². The molecule has 0 N–H and O–H groups in total. The first-order chi connectivity index (χ1) is 15.5. The molecule has 5 rings (SSSR count). The fraction of sp³-hybridized carbons (Fsp3) is 0.0385. The summed E-state index contributed by atoms with van der Waals surface area (Å²) in [5.41, 5.74) is 0.975.